The number of amides is 2. The fourth-order valence-electron chi connectivity index (χ4n) is 2.70. The van der Waals surface area contributed by atoms with Gasteiger partial charge in [-0.2, -0.15) is 0 Å². The van der Waals surface area contributed by atoms with E-state index in [-0.39, 0.29) is 11.9 Å². The normalized spacial score (nSPS) is 21.5. The lowest BCUT2D eigenvalue weighted by molar-refractivity contribution is -0.153. The van der Waals surface area contributed by atoms with E-state index in [1.54, 1.807) is 0 Å². The van der Waals surface area contributed by atoms with Crippen molar-refractivity contribution >= 4 is 22.5 Å². The van der Waals surface area contributed by atoms with Gasteiger partial charge in [-0.3, -0.25) is 5.32 Å². The van der Waals surface area contributed by atoms with Gasteiger partial charge in [0.2, 0.25) is 0 Å². The van der Waals surface area contributed by atoms with Crippen molar-refractivity contribution in [3.05, 3.63) is 11.1 Å². The third-order valence-electron chi connectivity index (χ3n) is 3.97. The molecule has 122 valence electrons. The predicted molar refractivity (Wildman–Crippen MR) is 85.2 cm³/mol. The Bertz CT molecular complexity index is 524. The Morgan fingerprint density at radius 2 is 2.23 bits per heavy atom. The summed E-state index contributed by atoms with van der Waals surface area (Å²) in [6.45, 7) is 5.89. The highest BCUT2D eigenvalue weighted by molar-refractivity contribution is 7.13. The molecular formula is C15H23N3O3S. The van der Waals surface area contributed by atoms with E-state index in [1.807, 2.05) is 12.3 Å². The first-order valence-corrected chi connectivity index (χ1v) is 8.70. The van der Waals surface area contributed by atoms with Crippen LogP contribution >= 0.6 is 11.3 Å². The van der Waals surface area contributed by atoms with Crippen LogP contribution < -0.4 is 10.6 Å². The number of rotatable bonds is 6. The maximum atomic E-state index is 11.9. The number of thiazole rings is 1. The average molecular weight is 325 g/mol. The summed E-state index contributed by atoms with van der Waals surface area (Å²) in [6, 6.07) is -0.207. The van der Waals surface area contributed by atoms with Crippen LogP contribution in [0.2, 0.25) is 0 Å². The number of carbonyl (C=O) groups is 1. The van der Waals surface area contributed by atoms with Gasteiger partial charge in [-0.15, -0.1) is 11.3 Å². The van der Waals surface area contributed by atoms with E-state index >= 15 is 0 Å². The van der Waals surface area contributed by atoms with Crippen LogP contribution in [0.1, 0.15) is 44.7 Å². The highest BCUT2D eigenvalue weighted by Crippen LogP contribution is 2.40. The van der Waals surface area contributed by atoms with Gasteiger partial charge in [-0.1, -0.05) is 6.92 Å². The summed E-state index contributed by atoms with van der Waals surface area (Å²) < 4.78 is 11.2. The minimum Gasteiger partial charge on any atom is -0.348 e. The molecule has 0 spiro atoms. The summed E-state index contributed by atoms with van der Waals surface area (Å²) in [5, 5.41) is 8.38. The summed E-state index contributed by atoms with van der Waals surface area (Å²) in [7, 11) is 0. The fraction of sp³-hybridized carbons (Fsp3) is 0.733. The van der Waals surface area contributed by atoms with Crippen LogP contribution in [0.5, 0.6) is 0 Å². The number of urea groups is 1. The monoisotopic (exact) mass is 325 g/mol. The maximum Gasteiger partial charge on any atom is 0.321 e. The van der Waals surface area contributed by atoms with Crippen molar-refractivity contribution in [2.24, 2.45) is 5.92 Å². The summed E-state index contributed by atoms with van der Waals surface area (Å²) in [4.78, 5) is 16.4. The third kappa shape index (κ3) is 4.18. The van der Waals surface area contributed by atoms with Crippen LogP contribution in [0.25, 0.3) is 0 Å². The van der Waals surface area contributed by atoms with Crippen LogP contribution in [-0.4, -0.2) is 36.6 Å². The number of hydrogen-bond donors (Lipinski definition) is 2. The zero-order valence-corrected chi connectivity index (χ0v) is 13.9. The highest BCUT2D eigenvalue weighted by Gasteiger charge is 2.32. The minimum absolute atomic E-state index is 0.207. The highest BCUT2D eigenvalue weighted by atomic mass is 32.1. The molecule has 2 fully saturated rings. The van der Waals surface area contributed by atoms with Crippen LogP contribution in [-0.2, 0) is 9.47 Å². The zero-order chi connectivity index (χ0) is 15.6. The molecule has 3 rings (SSSR count). The summed E-state index contributed by atoms with van der Waals surface area (Å²) in [6.07, 6.45) is 3.20. The summed E-state index contributed by atoms with van der Waals surface area (Å²) >= 11 is 1.48. The van der Waals surface area contributed by atoms with Crippen LogP contribution in [0.15, 0.2) is 5.38 Å². The molecule has 1 aliphatic carbocycles. The van der Waals surface area contributed by atoms with Crippen molar-refractivity contribution in [2.75, 3.05) is 25.1 Å². The lowest BCUT2D eigenvalue weighted by Crippen LogP contribution is -2.36. The van der Waals surface area contributed by atoms with Crippen molar-refractivity contribution < 1.29 is 14.3 Å². The second kappa shape index (κ2) is 6.52. The lowest BCUT2D eigenvalue weighted by atomic mass is 10.0. The van der Waals surface area contributed by atoms with Crippen LogP contribution in [0.3, 0.4) is 0 Å². The van der Waals surface area contributed by atoms with Gasteiger partial charge < -0.3 is 14.8 Å². The van der Waals surface area contributed by atoms with Gasteiger partial charge in [0, 0.05) is 24.3 Å². The van der Waals surface area contributed by atoms with E-state index in [0.29, 0.717) is 30.8 Å². The molecule has 7 heteroatoms. The topological polar surface area (TPSA) is 72.5 Å². The molecule has 1 aromatic rings. The summed E-state index contributed by atoms with van der Waals surface area (Å²) in [5.41, 5.74) is 1.11. The molecule has 0 unspecified atom stereocenters. The first kappa shape index (κ1) is 15.7. The van der Waals surface area contributed by atoms with E-state index in [9.17, 15) is 4.79 Å². The Labute approximate surface area is 134 Å². The molecule has 1 aliphatic heterocycles. The Hall–Kier alpha value is -1.18. The van der Waals surface area contributed by atoms with E-state index in [4.69, 9.17) is 9.47 Å². The molecule has 2 aliphatic rings. The smallest absolute Gasteiger partial charge is 0.321 e. The Morgan fingerprint density at radius 1 is 1.50 bits per heavy atom. The summed E-state index contributed by atoms with van der Waals surface area (Å²) in [5.74, 6) is 0.376. The Kier molecular flexibility index (Phi) is 4.65. The second-order valence-corrected chi connectivity index (χ2v) is 7.18. The number of nitrogens with one attached hydrogen (secondary N) is 2. The average Bonchev–Trinajstić information content (AvgIpc) is 3.08. The molecule has 1 saturated carbocycles. The quantitative estimate of drug-likeness (QED) is 0.843. The van der Waals surface area contributed by atoms with Gasteiger partial charge in [0.1, 0.15) is 0 Å². The second-order valence-electron chi connectivity index (χ2n) is 6.33. The third-order valence-corrected chi connectivity index (χ3v) is 4.74. The van der Waals surface area contributed by atoms with Crippen molar-refractivity contribution in [3.8, 4) is 0 Å². The van der Waals surface area contributed by atoms with Crippen molar-refractivity contribution in [1.82, 2.24) is 10.3 Å². The number of carbonyl (C=O) groups excluding carboxylic acids is 1. The molecule has 1 atom stereocenters. The van der Waals surface area contributed by atoms with Crippen LogP contribution in [0, 0.1) is 5.92 Å². The van der Waals surface area contributed by atoms with E-state index in [2.05, 4.69) is 22.5 Å². The number of hydrogen-bond acceptors (Lipinski definition) is 5. The predicted octanol–water partition coefficient (Wildman–Crippen LogP) is 2.93. The van der Waals surface area contributed by atoms with Crippen LogP contribution in [0.4, 0.5) is 9.93 Å². The number of nitrogens with zero attached hydrogens (tertiary/aromatic N) is 1. The Morgan fingerprint density at radius 3 is 2.91 bits per heavy atom. The molecule has 2 N–H and O–H groups in total. The fourth-order valence-corrected chi connectivity index (χ4v) is 3.49. The lowest BCUT2D eigenvalue weighted by Gasteiger charge is -2.25. The van der Waals surface area contributed by atoms with E-state index in [1.165, 1.54) is 24.2 Å². The molecular weight excluding hydrogens is 302 g/mol. The van der Waals surface area contributed by atoms with E-state index < -0.39 is 5.79 Å². The number of ether oxygens (including phenoxy) is 2. The van der Waals surface area contributed by atoms with Crippen molar-refractivity contribution in [2.45, 2.75) is 44.8 Å². The molecule has 2 amide bonds. The van der Waals surface area contributed by atoms with Gasteiger partial charge in [0.05, 0.1) is 18.9 Å². The van der Waals surface area contributed by atoms with Gasteiger partial charge in [0.15, 0.2) is 10.9 Å². The SMILES string of the molecule is C[C@@H](CNC(=O)Nc1nc(C2CC2)cs1)CC1(C)OCCO1. The van der Waals surface area contributed by atoms with Gasteiger partial charge >= 0.3 is 6.03 Å². The molecule has 0 aromatic carbocycles. The molecule has 6 nitrogen and oxygen atoms in total. The van der Waals surface area contributed by atoms with E-state index in [0.717, 1.165) is 12.1 Å². The van der Waals surface area contributed by atoms with Gasteiger partial charge in [-0.25, -0.2) is 9.78 Å². The van der Waals surface area contributed by atoms with Crippen molar-refractivity contribution in [3.63, 3.8) is 0 Å². The Balaban J connectivity index is 1.39. The molecule has 22 heavy (non-hydrogen) atoms. The maximum absolute atomic E-state index is 11.9. The molecule has 1 aromatic heterocycles. The van der Waals surface area contributed by atoms with Gasteiger partial charge in [-0.05, 0) is 25.7 Å². The molecule has 0 radical (unpaired) electrons. The standard InChI is InChI=1S/C15H23N3O3S/c1-10(7-15(2)20-5-6-21-15)8-16-13(19)18-14-17-12(9-22-14)11-3-4-11/h9-11H,3-8H2,1-2H3,(H2,16,17,18,19)/t10-/m1/s1. The van der Waals surface area contributed by atoms with Crippen molar-refractivity contribution in [1.29, 1.82) is 0 Å². The number of anilines is 1. The molecule has 2 heterocycles. The molecule has 0 bridgehead atoms. The minimum atomic E-state index is -0.508. The van der Waals surface area contributed by atoms with Gasteiger partial charge in [0.25, 0.3) is 0 Å². The largest absolute Gasteiger partial charge is 0.348 e. The number of aromatic nitrogens is 1. The zero-order valence-electron chi connectivity index (χ0n) is 13.1. The first-order valence-electron chi connectivity index (χ1n) is 7.82. The first-order chi connectivity index (χ1) is 10.5. The molecule has 1 saturated heterocycles.